The van der Waals surface area contributed by atoms with Crippen molar-refractivity contribution in [2.75, 3.05) is 32.8 Å². The van der Waals surface area contributed by atoms with Crippen molar-refractivity contribution in [2.24, 2.45) is 22.4 Å². The lowest BCUT2D eigenvalue weighted by Gasteiger charge is -2.34. The summed E-state index contributed by atoms with van der Waals surface area (Å²) in [6.45, 7) is 3.48. The van der Waals surface area contributed by atoms with Crippen LogP contribution in [0.15, 0.2) is 4.99 Å². The quantitative estimate of drug-likeness (QED) is 0.0263. The van der Waals surface area contributed by atoms with Crippen LogP contribution in [0.5, 0.6) is 0 Å². The summed E-state index contributed by atoms with van der Waals surface area (Å²) in [5.74, 6) is -14.6. The lowest BCUT2D eigenvalue weighted by atomic mass is 10.0. The zero-order chi connectivity index (χ0) is 58.8. The number of esters is 1. The van der Waals surface area contributed by atoms with Crippen LogP contribution in [-0.2, 0) is 57.5 Å². The Labute approximate surface area is 455 Å². The Hall–Kier alpha value is -6.76. The Morgan fingerprint density at radius 2 is 1.22 bits per heavy atom. The molecule has 0 unspecified atom stereocenters. The number of cyclic esters (lactones) is 1. The zero-order valence-electron chi connectivity index (χ0n) is 44.7. The van der Waals surface area contributed by atoms with E-state index in [9.17, 15) is 88.5 Å². The summed E-state index contributed by atoms with van der Waals surface area (Å²) in [6.07, 6.45) is -6.58. The number of unbranched alkanes of at least 4 members (excludes halogenated alkanes) is 4. The molecule has 0 saturated carbocycles. The van der Waals surface area contributed by atoms with E-state index in [0.29, 0.717) is 23.7 Å². The van der Waals surface area contributed by atoms with E-state index in [0.717, 1.165) is 30.6 Å². The fourth-order valence-corrected chi connectivity index (χ4v) is 10.0. The molecule has 4 aliphatic rings. The lowest BCUT2D eigenvalue weighted by molar-refractivity contribution is -0.165. The number of ether oxygens (including phenoxy) is 1. The van der Waals surface area contributed by atoms with Gasteiger partial charge in [0, 0.05) is 26.2 Å². The molecule has 4 fully saturated rings. The van der Waals surface area contributed by atoms with Crippen LogP contribution in [0, 0.1) is 5.92 Å². The van der Waals surface area contributed by atoms with Crippen molar-refractivity contribution in [1.82, 2.24) is 41.3 Å². The highest BCUT2D eigenvalue weighted by Crippen LogP contribution is 2.27. The molecule has 0 aromatic rings. The van der Waals surface area contributed by atoms with E-state index in [1.165, 1.54) is 11.8 Å². The van der Waals surface area contributed by atoms with Crippen molar-refractivity contribution in [3.05, 3.63) is 0 Å². The van der Waals surface area contributed by atoms with Crippen LogP contribution in [0.3, 0.4) is 0 Å². The fourth-order valence-electron chi connectivity index (χ4n) is 10.0. The molecule has 0 aromatic heterocycles. The number of nitrogens with zero attached hydrogens (tertiary/aromatic N) is 4. The predicted molar refractivity (Wildman–Crippen MR) is 273 cm³/mol. The Morgan fingerprint density at radius 3 is 1.82 bits per heavy atom. The van der Waals surface area contributed by atoms with Gasteiger partial charge < -0.3 is 93.2 Å². The highest BCUT2D eigenvalue weighted by molar-refractivity contribution is 6.00. The summed E-state index contributed by atoms with van der Waals surface area (Å²) in [4.78, 5) is 158. The maximum atomic E-state index is 14.4. The first-order valence-electron chi connectivity index (χ1n) is 26.8. The van der Waals surface area contributed by atoms with Crippen LogP contribution in [0.2, 0.25) is 0 Å². The van der Waals surface area contributed by atoms with Crippen molar-refractivity contribution in [2.45, 2.75) is 196 Å². The van der Waals surface area contributed by atoms with Crippen LogP contribution in [0.4, 0.5) is 0 Å². The number of nitrogens with one attached hydrogen (secondary N) is 5. The second kappa shape index (κ2) is 30.6. The van der Waals surface area contributed by atoms with Gasteiger partial charge in [-0.2, -0.15) is 0 Å². The van der Waals surface area contributed by atoms with Crippen LogP contribution >= 0.6 is 0 Å². The molecule has 0 spiro atoms. The zero-order valence-corrected chi connectivity index (χ0v) is 44.7. The number of fused-ring (bicyclic) bond motifs is 3. The lowest BCUT2D eigenvalue weighted by Crippen LogP contribution is -2.64. The Kier molecular flexibility index (Phi) is 25.1. The Bertz CT molecular complexity index is 2230. The van der Waals surface area contributed by atoms with Gasteiger partial charge in [0.25, 0.3) is 0 Å². The van der Waals surface area contributed by atoms with Gasteiger partial charge in [0.05, 0.1) is 25.2 Å². The number of guanidine groups is 1. The average molecular weight is 1130 g/mol. The van der Waals surface area contributed by atoms with E-state index in [4.69, 9.17) is 16.2 Å². The molecular weight excluding hydrogens is 1050 g/mol. The third-order valence-electron chi connectivity index (χ3n) is 14.3. The molecule has 79 heavy (non-hydrogen) atoms. The van der Waals surface area contributed by atoms with Crippen molar-refractivity contribution in [3.8, 4) is 0 Å². The van der Waals surface area contributed by atoms with Gasteiger partial charge in [-0.25, -0.2) is 14.4 Å². The summed E-state index contributed by atoms with van der Waals surface area (Å²) >= 11 is 0. The molecule has 8 amide bonds. The number of carboxylic acid groups (broad SMARTS) is 2. The number of aliphatic hydroxyl groups is 5. The molecule has 0 bridgehead atoms. The molecule has 30 nitrogen and oxygen atoms in total. The second-order valence-electron chi connectivity index (χ2n) is 20.8. The first kappa shape index (κ1) is 64.8. The first-order chi connectivity index (χ1) is 37.3. The molecule has 30 heteroatoms. The van der Waals surface area contributed by atoms with Gasteiger partial charge in [-0.15, -0.1) is 0 Å². The molecule has 0 radical (unpaired) electrons. The number of aliphatic imine (C=N–C) groups is 1. The summed E-state index contributed by atoms with van der Waals surface area (Å²) in [7, 11) is 0. The minimum Gasteiger partial charge on any atom is -0.479 e. The predicted octanol–water partition coefficient (Wildman–Crippen LogP) is -5.63. The molecule has 16 N–H and O–H groups in total. The molecule has 4 saturated heterocycles. The molecule has 0 aliphatic carbocycles. The molecule has 4 heterocycles. The number of aliphatic carboxylic acids is 2. The number of rotatable bonds is 18. The molecule has 444 valence electrons. The topological polar surface area (TPSA) is 473 Å². The second-order valence-corrected chi connectivity index (χ2v) is 20.8. The van der Waals surface area contributed by atoms with E-state index in [1.807, 2.05) is 10.6 Å². The van der Waals surface area contributed by atoms with E-state index < -0.39 is 164 Å². The number of carbonyl (C=O) groups excluding carboxylic acids is 9. The number of carbonyl (C=O) groups is 11. The maximum absolute atomic E-state index is 14.4. The number of amides is 8. The van der Waals surface area contributed by atoms with E-state index in [1.54, 1.807) is 0 Å². The number of carboxylic acids is 2. The van der Waals surface area contributed by atoms with Crippen molar-refractivity contribution in [3.63, 3.8) is 0 Å². The minimum atomic E-state index is -2.76. The SMILES string of the molecule is CC(C)CCCCCCC[C@@H]1CC(=O)N[C@H]([C@@H](C)O)C(=O)N2CCC[C@@H]2C(=O)N2CCC[C@H]2C(=O)N[C@@H](CCCN=C(N)N)C(=O)N[C@H]([C@@H](O)C(=O)O)C(=O)N[C@@H](CO)C(=O)N2CC[C@H](O)[C@H]2C(=O)N[C@@H]([C@H](O)C(=O)O)C(=O)O1. The minimum absolute atomic E-state index is 0.00832. The number of hydrogen-bond acceptors (Lipinski definition) is 18. The van der Waals surface area contributed by atoms with Crippen molar-refractivity contribution < 1.29 is 93.2 Å². The average Bonchev–Trinajstić information content (AvgIpc) is 4.23. The third kappa shape index (κ3) is 18.1. The monoisotopic (exact) mass is 1130 g/mol. The standard InChI is InChI=1S/C49H79N11O19/c1-24(2)12-7-5-4-6-8-13-26-22-32(64)55-33(25(3)62)45(73)59-20-11-16-30(59)44(72)58-19-10-15-29(58)40(68)53-27(14-9-18-52-49(50)51)39(67)56-34(37(65)46(74)75)41(69)54-28(23-61)43(71)60-21-17-31(63)36(60)42(70)57-35(48(78)79-26)38(66)47(76)77/h24-31,33-38,61-63,65-66H,4-23H2,1-3H3,(H,53,68)(H,54,69)(H,55,64)(H,56,67)(H,57,70)(H,74,75)(H,76,77)(H4,50,51,52)/t25-,26-,27+,28+,29+,30-,31+,33-,34-,35+,36+,37-,38+/m1/s1. The highest BCUT2D eigenvalue weighted by atomic mass is 16.5. The summed E-state index contributed by atoms with van der Waals surface area (Å²) in [6, 6.07) is -14.9. The van der Waals surface area contributed by atoms with E-state index in [-0.39, 0.29) is 77.0 Å². The largest absolute Gasteiger partial charge is 0.479 e. The molecule has 13 atom stereocenters. The van der Waals surface area contributed by atoms with E-state index >= 15 is 0 Å². The van der Waals surface area contributed by atoms with Crippen LogP contribution < -0.4 is 38.1 Å². The molecular formula is C49H79N11O19. The summed E-state index contributed by atoms with van der Waals surface area (Å²) in [5, 5.41) is 84.7. The summed E-state index contributed by atoms with van der Waals surface area (Å²) < 4.78 is 5.64. The number of aliphatic hydroxyl groups excluding tert-OH is 5. The fraction of sp³-hybridized carbons (Fsp3) is 0.755. The van der Waals surface area contributed by atoms with Crippen molar-refractivity contribution in [1.29, 1.82) is 0 Å². The number of nitrogens with two attached hydrogens (primary N) is 2. The highest BCUT2D eigenvalue weighted by Gasteiger charge is 2.48. The van der Waals surface area contributed by atoms with Crippen LogP contribution in [0.25, 0.3) is 0 Å². The Balaban J connectivity index is 1.80. The number of hydrogen-bond donors (Lipinski definition) is 14. The van der Waals surface area contributed by atoms with Gasteiger partial charge >= 0.3 is 17.9 Å². The van der Waals surface area contributed by atoms with Gasteiger partial charge in [-0.3, -0.25) is 43.3 Å². The van der Waals surface area contributed by atoms with Crippen molar-refractivity contribution >= 4 is 71.1 Å². The van der Waals surface area contributed by atoms with Gasteiger partial charge in [-0.1, -0.05) is 46.0 Å². The van der Waals surface area contributed by atoms with Crippen LogP contribution in [-0.4, -0.2) is 233 Å². The van der Waals surface area contributed by atoms with Gasteiger partial charge in [-0.05, 0) is 70.6 Å². The first-order valence-corrected chi connectivity index (χ1v) is 26.8. The van der Waals surface area contributed by atoms with Gasteiger partial charge in [0.15, 0.2) is 24.2 Å². The van der Waals surface area contributed by atoms with Crippen LogP contribution in [0.1, 0.15) is 117 Å². The molecule has 4 aliphatic heterocycles. The smallest absolute Gasteiger partial charge is 0.335 e. The normalized spacial score (nSPS) is 28.6. The molecule has 0 aromatic carbocycles. The maximum Gasteiger partial charge on any atom is 0.335 e. The van der Waals surface area contributed by atoms with Gasteiger partial charge in [0.2, 0.25) is 47.3 Å². The Morgan fingerprint density at radius 1 is 0.633 bits per heavy atom. The van der Waals surface area contributed by atoms with Gasteiger partial charge in [0.1, 0.15) is 48.4 Å². The summed E-state index contributed by atoms with van der Waals surface area (Å²) in [5.41, 5.74) is 10.9. The van der Waals surface area contributed by atoms with E-state index in [2.05, 4.69) is 34.8 Å². The third-order valence-corrected chi connectivity index (χ3v) is 14.3. The molecule has 4 rings (SSSR count).